The standard InChI is InChI=1S/C15H24ClN/c1-12-10-14(3)15(11-13(12)2)6-9-17(4)8-5-7-16/h10-11H,5-9H2,1-4H3. The van der Waals surface area contributed by atoms with Gasteiger partial charge in [-0.3, -0.25) is 0 Å². The summed E-state index contributed by atoms with van der Waals surface area (Å²) in [5.41, 5.74) is 5.68. The first-order valence-electron chi connectivity index (χ1n) is 6.36. The van der Waals surface area contributed by atoms with Gasteiger partial charge in [0.05, 0.1) is 0 Å². The predicted octanol–water partition coefficient (Wildman–Crippen LogP) is 3.72. The molecule has 0 heterocycles. The van der Waals surface area contributed by atoms with Crippen LogP contribution in [-0.4, -0.2) is 30.9 Å². The van der Waals surface area contributed by atoms with Crippen molar-refractivity contribution in [2.75, 3.05) is 26.0 Å². The van der Waals surface area contributed by atoms with Crippen molar-refractivity contribution in [2.24, 2.45) is 0 Å². The van der Waals surface area contributed by atoms with Crippen molar-refractivity contribution in [3.8, 4) is 0 Å². The van der Waals surface area contributed by atoms with Gasteiger partial charge >= 0.3 is 0 Å². The molecule has 96 valence electrons. The third kappa shape index (κ3) is 4.69. The molecule has 0 spiro atoms. The van der Waals surface area contributed by atoms with Gasteiger partial charge in [-0.1, -0.05) is 12.1 Å². The Kier molecular flexibility index (Phi) is 6.01. The van der Waals surface area contributed by atoms with Crippen molar-refractivity contribution in [3.63, 3.8) is 0 Å². The highest BCUT2D eigenvalue weighted by Gasteiger charge is 2.04. The second kappa shape index (κ2) is 7.03. The van der Waals surface area contributed by atoms with E-state index in [2.05, 4.69) is 44.9 Å². The quantitative estimate of drug-likeness (QED) is 0.699. The molecule has 1 rings (SSSR count). The average molecular weight is 254 g/mol. The maximum atomic E-state index is 5.70. The highest BCUT2D eigenvalue weighted by molar-refractivity contribution is 6.17. The first-order chi connectivity index (χ1) is 8.04. The monoisotopic (exact) mass is 253 g/mol. The van der Waals surface area contributed by atoms with E-state index in [9.17, 15) is 0 Å². The molecule has 1 aromatic carbocycles. The van der Waals surface area contributed by atoms with E-state index in [0.717, 1.165) is 31.8 Å². The molecule has 0 aliphatic rings. The predicted molar refractivity (Wildman–Crippen MR) is 77.2 cm³/mol. The molecular formula is C15H24ClN. The molecule has 0 bridgehead atoms. The van der Waals surface area contributed by atoms with Crippen LogP contribution >= 0.6 is 11.6 Å². The summed E-state index contributed by atoms with van der Waals surface area (Å²) in [6.07, 6.45) is 2.20. The average Bonchev–Trinajstić information content (AvgIpc) is 2.29. The van der Waals surface area contributed by atoms with E-state index in [4.69, 9.17) is 11.6 Å². The zero-order valence-corrected chi connectivity index (χ0v) is 12.3. The molecule has 0 saturated carbocycles. The molecular weight excluding hydrogens is 230 g/mol. The molecule has 0 atom stereocenters. The lowest BCUT2D eigenvalue weighted by molar-refractivity contribution is 0.339. The first kappa shape index (κ1) is 14.5. The number of alkyl halides is 1. The lowest BCUT2D eigenvalue weighted by Gasteiger charge is -2.17. The number of hydrogen-bond acceptors (Lipinski definition) is 1. The van der Waals surface area contributed by atoms with E-state index in [1.165, 1.54) is 22.3 Å². The van der Waals surface area contributed by atoms with Gasteiger partial charge in [-0.15, -0.1) is 11.6 Å². The fourth-order valence-corrected chi connectivity index (χ4v) is 2.16. The van der Waals surface area contributed by atoms with Crippen LogP contribution in [0.1, 0.15) is 28.7 Å². The van der Waals surface area contributed by atoms with E-state index in [0.29, 0.717) is 0 Å². The molecule has 0 N–H and O–H groups in total. The normalized spacial score (nSPS) is 11.2. The van der Waals surface area contributed by atoms with Crippen LogP contribution in [0.3, 0.4) is 0 Å². The largest absolute Gasteiger partial charge is 0.306 e. The van der Waals surface area contributed by atoms with E-state index < -0.39 is 0 Å². The van der Waals surface area contributed by atoms with Crippen LogP contribution in [0.4, 0.5) is 0 Å². The maximum Gasteiger partial charge on any atom is 0.0235 e. The van der Waals surface area contributed by atoms with Gasteiger partial charge in [-0.25, -0.2) is 0 Å². The maximum absolute atomic E-state index is 5.70. The zero-order valence-electron chi connectivity index (χ0n) is 11.5. The minimum Gasteiger partial charge on any atom is -0.306 e. The van der Waals surface area contributed by atoms with Gasteiger partial charge in [0.1, 0.15) is 0 Å². The molecule has 0 unspecified atom stereocenters. The van der Waals surface area contributed by atoms with E-state index >= 15 is 0 Å². The Hall–Kier alpha value is -0.530. The molecule has 0 aliphatic heterocycles. The van der Waals surface area contributed by atoms with E-state index in [1.807, 2.05) is 0 Å². The molecule has 0 amide bonds. The van der Waals surface area contributed by atoms with Gasteiger partial charge in [0.15, 0.2) is 0 Å². The second-order valence-corrected chi connectivity index (χ2v) is 5.34. The number of benzene rings is 1. The summed E-state index contributed by atoms with van der Waals surface area (Å²) < 4.78 is 0. The summed E-state index contributed by atoms with van der Waals surface area (Å²) in [6.45, 7) is 8.78. The van der Waals surface area contributed by atoms with Gasteiger partial charge in [0.25, 0.3) is 0 Å². The van der Waals surface area contributed by atoms with Crippen LogP contribution in [0.5, 0.6) is 0 Å². The summed E-state index contributed by atoms with van der Waals surface area (Å²) in [6, 6.07) is 4.63. The number of rotatable bonds is 6. The summed E-state index contributed by atoms with van der Waals surface area (Å²) >= 11 is 5.70. The highest BCUT2D eigenvalue weighted by Crippen LogP contribution is 2.16. The molecule has 1 nitrogen and oxygen atoms in total. The van der Waals surface area contributed by atoms with Crippen molar-refractivity contribution < 1.29 is 0 Å². The van der Waals surface area contributed by atoms with Crippen molar-refractivity contribution in [2.45, 2.75) is 33.6 Å². The molecule has 1 aromatic rings. The zero-order chi connectivity index (χ0) is 12.8. The summed E-state index contributed by atoms with van der Waals surface area (Å²) in [7, 11) is 2.17. The first-order valence-corrected chi connectivity index (χ1v) is 6.89. The van der Waals surface area contributed by atoms with Crippen molar-refractivity contribution in [1.82, 2.24) is 4.90 Å². The van der Waals surface area contributed by atoms with Crippen molar-refractivity contribution in [1.29, 1.82) is 0 Å². The van der Waals surface area contributed by atoms with Crippen LogP contribution in [0.2, 0.25) is 0 Å². The molecule has 0 radical (unpaired) electrons. The third-order valence-corrected chi connectivity index (χ3v) is 3.66. The number of halogens is 1. The molecule has 0 aromatic heterocycles. The fourth-order valence-electron chi connectivity index (χ4n) is 2.04. The van der Waals surface area contributed by atoms with Crippen LogP contribution in [0, 0.1) is 20.8 Å². The van der Waals surface area contributed by atoms with Crippen LogP contribution < -0.4 is 0 Å². The SMILES string of the molecule is Cc1cc(C)c(CCN(C)CCCCl)cc1C. The topological polar surface area (TPSA) is 3.24 Å². The van der Waals surface area contributed by atoms with Crippen LogP contribution in [-0.2, 0) is 6.42 Å². The Bertz CT molecular complexity index is 360. The Labute approximate surface area is 111 Å². The summed E-state index contributed by atoms with van der Waals surface area (Å²) in [5, 5.41) is 0. The van der Waals surface area contributed by atoms with Gasteiger partial charge in [-0.05, 0) is 69.5 Å². The Morgan fingerprint density at radius 3 is 2.29 bits per heavy atom. The number of nitrogens with zero attached hydrogens (tertiary/aromatic N) is 1. The summed E-state index contributed by atoms with van der Waals surface area (Å²) in [4.78, 5) is 2.36. The van der Waals surface area contributed by atoms with Gasteiger partial charge in [-0.2, -0.15) is 0 Å². The second-order valence-electron chi connectivity index (χ2n) is 4.96. The molecule has 0 saturated heterocycles. The Morgan fingerprint density at radius 2 is 1.65 bits per heavy atom. The number of likely N-dealkylation sites (N-methyl/N-ethyl adjacent to an activating group) is 1. The Balaban J connectivity index is 2.54. The third-order valence-electron chi connectivity index (χ3n) is 3.39. The van der Waals surface area contributed by atoms with E-state index in [1.54, 1.807) is 0 Å². The minimum absolute atomic E-state index is 0.757. The number of hydrogen-bond donors (Lipinski definition) is 0. The van der Waals surface area contributed by atoms with Gasteiger partial charge in [0.2, 0.25) is 0 Å². The van der Waals surface area contributed by atoms with Crippen LogP contribution in [0.25, 0.3) is 0 Å². The molecule has 0 fully saturated rings. The van der Waals surface area contributed by atoms with E-state index in [-0.39, 0.29) is 0 Å². The van der Waals surface area contributed by atoms with Gasteiger partial charge < -0.3 is 4.90 Å². The van der Waals surface area contributed by atoms with Gasteiger partial charge in [0, 0.05) is 12.4 Å². The fraction of sp³-hybridized carbons (Fsp3) is 0.600. The summed E-state index contributed by atoms with van der Waals surface area (Å²) in [5.74, 6) is 0.757. The van der Waals surface area contributed by atoms with Crippen LogP contribution in [0.15, 0.2) is 12.1 Å². The lowest BCUT2D eigenvalue weighted by Crippen LogP contribution is -2.23. The van der Waals surface area contributed by atoms with Crippen molar-refractivity contribution >= 4 is 11.6 Å². The minimum atomic E-state index is 0.757. The smallest absolute Gasteiger partial charge is 0.0235 e. The Morgan fingerprint density at radius 1 is 1.00 bits per heavy atom. The lowest BCUT2D eigenvalue weighted by atomic mass is 9.99. The van der Waals surface area contributed by atoms with Crippen molar-refractivity contribution in [3.05, 3.63) is 34.4 Å². The molecule has 2 heteroatoms. The molecule has 17 heavy (non-hydrogen) atoms. The highest BCUT2D eigenvalue weighted by atomic mass is 35.5. The number of aryl methyl sites for hydroxylation is 3. The molecule has 0 aliphatic carbocycles.